The molecule has 0 fully saturated rings. The highest BCUT2D eigenvalue weighted by Crippen LogP contribution is 2.29. The van der Waals surface area contributed by atoms with Crippen molar-refractivity contribution in [3.8, 4) is 5.75 Å². The summed E-state index contributed by atoms with van der Waals surface area (Å²) in [4.78, 5) is 0. The predicted octanol–water partition coefficient (Wildman–Crippen LogP) is 2.36. The van der Waals surface area contributed by atoms with Gasteiger partial charge in [-0.25, -0.2) is 0 Å². The van der Waals surface area contributed by atoms with E-state index in [-0.39, 0.29) is 18.2 Å². The lowest BCUT2D eigenvalue weighted by Crippen LogP contribution is -1.88. The van der Waals surface area contributed by atoms with E-state index >= 15 is 0 Å². The van der Waals surface area contributed by atoms with E-state index < -0.39 is 0 Å². The fourth-order valence-corrected chi connectivity index (χ4v) is 0.858. The molecule has 0 aliphatic heterocycles. The second kappa shape index (κ2) is 3.69. The van der Waals surface area contributed by atoms with Gasteiger partial charge in [-0.3, -0.25) is 0 Å². The highest BCUT2D eigenvalue weighted by molar-refractivity contribution is 6.33. The minimum Gasteiger partial charge on any atom is -0.506 e. The maximum Gasteiger partial charge on any atom is 0.134 e. The van der Waals surface area contributed by atoms with Crippen molar-refractivity contribution in [2.75, 3.05) is 5.73 Å². The van der Waals surface area contributed by atoms with Crippen LogP contribution in [0.3, 0.4) is 0 Å². The molecule has 0 heterocycles. The van der Waals surface area contributed by atoms with E-state index in [2.05, 4.69) is 0 Å². The summed E-state index contributed by atoms with van der Waals surface area (Å²) >= 11 is 5.65. The molecule has 0 spiro atoms. The summed E-state index contributed by atoms with van der Waals surface area (Å²) in [6, 6.07) is 3.10. The first kappa shape index (κ1) is 10.4. The van der Waals surface area contributed by atoms with Crippen LogP contribution in [0, 0.1) is 6.92 Å². The molecule has 0 aliphatic carbocycles. The molecular formula is C7H9Cl2NO. The zero-order valence-electron chi connectivity index (χ0n) is 5.97. The molecule has 1 aromatic rings. The number of benzene rings is 1. The molecule has 2 nitrogen and oxygen atoms in total. The van der Waals surface area contributed by atoms with Crippen molar-refractivity contribution in [1.82, 2.24) is 0 Å². The molecule has 4 heteroatoms. The Morgan fingerprint density at radius 2 is 2.00 bits per heavy atom. The molecule has 62 valence electrons. The van der Waals surface area contributed by atoms with Gasteiger partial charge < -0.3 is 10.8 Å². The maximum atomic E-state index is 9.04. The summed E-state index contributed by atoms with van der Waals surface area (Å²) in [6.45, 7) is 1.76. The van der Waals surface area contributed by atoms with E-state index in [4.69, 9.17) is 22.4 Å². The smallest absolute Gasteiger partial charge is 0.134 e. The van der Waals surface area contributed by atoms with Gasteiger partial charge in [-0.05, 0) is 24.6 Å². The number of hydrogen-bond donors (Lipinski definition) is 2. The Hall–Kier alpha value is -0.600. The number of halogens is 2. The van der Waals surface area contributed by atoms with Gasteiger partial charge in [-0.1, -0.05) is 11.6 Å². The van der Waals surface area contributed by atoms with Crippen molar-refractivity contribution in [3.63, 3.8) is 0 Å². The Labute approximate surface area is 76.4 Å². The summed E-state index contributed by atoms with van der Waals surface area (Å²) in [6.07, 6.45) is 0. The fraction of sp³-hybridized carbons (Fsp3) is 0.143. The van der Waals surface area contributed by atoms with Crippen LogP contribution in [0.2, 0.25) is 5.02 Å². The van der Waals surface area contributed by atoms with Gasteiger partial charge in [0.15, 0.2) is 0 Å². The molecule has 0 saturated carbocycles. The number of anilines is 1. The van der Waals surface area contributed by atoms with Crippen LogP contribution in [-0.4, -0.2) is 5.11 Å². The average Bonchev–Trinajstić information content (AvgIpc) is 1.93. The summed E-state index contributed by atoms with van der Waals surface area (Å²) in [5.74, 6) is 0.0772. The standard InChI is InChI=1S/C7H8ClNO.ClH/c1-4-5(9)2-3-6(10)7(4)8;/h2-3,10H,9H2,1H3;1H. The first-order valence-corrected chi connectivity index (χ1v) is 3.24. The Morgan fingerprint density at radius 3 is 2.45 bits per heavy atom. The van der Waals surface area contributed by atoms with Crippen molar-refractivity contribution >= 4 is 29.7 Å². The number of nitrogens with two attached hydrogens (primary N) is 1. The van der Waals surface area contributed by atoms with E-state index in [1.807, 2.05) is 0 Å². The monoisotopic (exact) mass is 193 g/mol. The normalized spacial score (nSPS) is 8.91. The Kier molecular flexibility index (Phi) is 3.49. The van der Waals surface area contributed by atoms with E-state index in [9.17, 15) is 0 Å². The number of phenolic OH excluding ortho intramolecular Hbond substituents is 1. The van der Waals surface area contributed by atoms with Gasteiger partial charge in [0.25, 0.3) is 0 Å². The maximum absolute atomic E-state index is 9.04. The van der Waals surface area contributed by atoms with Crippen LogP contribution in [0.4, 0.5) is 5.69 Å². The number of hydrogen-bond acceptors (Lipinski definition) is 2. The minimum atomic E-state index is 0. The number of nitrogen functional groups attached to an aromatic ring is 1. The lowest BCUT2D eigenvalue weighted by atomic mass is 10.2. The third kappa shape index (κ3) is 1.91. The zero-order valence-corrected chi connectivity index (χ0v) is 7.54. The molecule has 1 aromatic carbocycles. The second-order valence-electron chi connectivity index (χ2n) is 2.11. The van der Waals surface area contributed by atoms with E-state index in [1.54, 1.807) is 13.0 Å². The lowest BCUT2D eigenvalue weighted by molar-refractivity contribution is 0.475. The van der Waals surface area contributed by atoms with Gasteiger partial charge in [-0.2, -0.15) is 0 Å². The highest BCUT2D eigenvalue weighted by atomic mass is 35.5. The molecule has 0 aliphatic rings. The fourth-order valence-electron chi connectivity index (χ4n) is 0.686. The van der Waals surface area contributed by atoms with Crippen molar-refractivity contribution in [2.45, 2.75) is 6.92 Å². The van der Waals surface area contributed by atoms with Gasteiger partial charge in [-0.15, -0.1) is 12.4 Å². The van der Waals surface area contributed by atoms with Gasteiger partial charge >= 0.3 is 0 Å². The van der Waals surface area contributed by atoms with E-state index in [1.165, 1.54) is 6.07 Å². The van der Waals surface area contributed by atoms with Crippen molar-refractivity contribution in [3.05, 3.63) is 22.7 Å². The zero-order chi connectivity index (χ0) is 7.72. The topological polar surface area (TPSA) is 46.2 Å². The number of phenols is 1. The quantitative estimate of drug-likeness (QED) is 0.491. The van der Waals surface area contributed by atoms with Gasteiger partial charge in [0.05, 0.1) is 5.02 Å². The van der Waals surface area contributed by atoms with Crippen molar-refractivity contribution < 1.29 is 5.11 Å². The van der Waals surface area contributed by atoms with Crippen LogP contribution in [0.15, 0.2) is 12.1 Å². The minimum absolute atomic E-state index is 0. The predicted molar refractivity (Wildman–Crippen MR) is 49.5 cm³/mol. The molecule has 0 saturated heterocycles. The Morgan fingerprint density at radius 1 is 1.45 bits per heavy atom. The third-order valence-electron chi connectivity index (χ3n) is 1.41. The van der Waals surface area contributed by atoms with Crippen LogP contribution in [0.5, 0.6) is 5.75 Å². The number of aromatic hydroxyl groups is 1. The van der Waals surface area contributed by atoms with Crippen LogP contribution in [-0.2, 0) is 0 Å². The third-order valence-corrected chi connectivity index (χ3v) is 1.88. The first-order chi connectivity index (χ1) is 4.63. The second-order valence-corrected chi connectivity index (χ2v) is 2.49. The summed E-state index contributed by atoms with van der Waals surface area (Å²) in [5.41, 5.74) is 6.82. The first-order valence-electron chi connectivity index (χ1n) is 2.86. The van der Waals surface area contributed by atoms with Crippen molar-refractivity contribution in [1.29, 1.82) is 0 Å². The molecule has 0 unspecified atom stereocenters. The lowest BCUT2D eigenvalue weighted by Gasteiger charge is -2.02. The number of rotatable bonds is 0. The largest absolute Gasteiger partial charge is 0.506 e. The van der Waals surface area contributed by atoms with Crippen LogP contribution in [0.25, 0.3) is 0 Å². The Bertz CT molecular complexity index is 236. The molecule has 0 amide bonds. The molecule has 0 bridgehead atoms. The molecule has 11 heavy (non-hydrogen) atoms. The Balaban J connectivity index is 0.000001000. The summed E-state index contributed by atoms with van der Waals surface area (Å²) in [5, 5.41) is 9.37. The van der Waals surface area contributed by atoms with Crippen LogP contribution in [0.1, 0.15) is 5.56 Å². The van der Waals surface area contributed by atoms with Crippen LogP contribution < -0.4 is 5.73 Å². The molecular weight excluding hydrogens is 185 g/mol. The SMILES string of the molecule is Cc1c(N)ccc(O)c1Cl.Cl. The summed E-state index contributed by atoms with van der Waals surface area (Å²) in [7, 11) is 0. The van der Waals surface area contributed by atoms with Gasteiger partial charge in [0, 0.05) is 5.69 Å². The molecule has 1 rings (SSSR count). The van der Waals surface area contributed by atoms with Crippen molar-refractivity contribution in [2.24, 2.45) is 0 Å². The van der Waals surface area contributed by atoms with E-state index in [0.29, 0.717) is 10.7 Å². The molecule has 3 N–H and O–H groups in total. The average molecular weight is 194 g/mol. The molecule has 0 radical (unpaired) electrons. The van der Waals surface area contributed by atoms with Gasteiger partial charge in [0.1, 0.15) is 5.75 Å². The van der Waals surface area contributed by atoms with Crippen LogP contribution >= 0.6 is 24.0 Å². The molecule has 0 aromatic heterocycles. The molecule has 0 atom stereocenters. The highest BCUT2D eigenvalue weighted by Gasteiger charge is 2.02. The van der Waals surface area contributed by atoms with E-state index in [0.717, 1.165) is 5.56 Å². The summed E-state index contributed by atoms with van der Waals surface area (Å²) < 4.78 is 0. The van der Waals surface area contributed by atoms with Gasteiger partial charge in [0.2, 0.25) is 0 Å².